The molecule has 1 fully saturated rings. The molecule has 1 saturated heterocycles. The first-order chi connectivity index (χ1) is 15.2. The number of aromatic nitrogens is 4. The molecule has 2 heterocycles. The normalized spacial score (nSPS) is 17.4. The average Bonchev–Trinajstić information content (AvgIpc) is 3.40. The molecule has 0 aliphatic carbocycles. The zero-order valence-electron chi connectivity index (χ0n) is 18.5. The predicted octanol–water partition coefficient (Wildman–Crippen LogP) is 2.82. The minimum atomic E-state index is -0.388. The van der Waals surface area contributed by atoms with Crippen molar-refractivity contribution in [2.45, 2.75) is 83.0 Å². The summed E-state index contributed by atoms with van der Waals surface area (Å²) in [5, 5.41) is 24.5. The molecule has 1 aromatic heterocycles. The number of amides is 1. The van der Waals surface area contributed by atoms with Crippen molar-refractivity contribution in [3.05, 3.63) is 41.2 Å². The van der Waals surface area contributed by atoms with Gasteiger partial charge in [0.1, 0.15) is 0 Å². The van der Waals surface area contributed by atoms with E-state index in [1.54, 1.807) is 7.11 Å². The lowest BCUT2D eigenvalue weighted by Crippen LogP contribution is -2.34. The summed E-state index contributed by atoms with van der Waals surface area (Å²) >= 11 is 0. The first-order valence-corrected chi connectivity index (χ1v) is 11.4. The molecule has 170 valence electrons. The van der Waals surface area contributed by atoms with Crippen LogP contribution in [-0.2, 0) is 29.0 Å². The van der Waals surface area contributed by atoms with E-state index in [1.807, 2.05) is 23.1 Å². The Balaban J connectivity index is 1.34. The molecule has 0 unspecified atom stereocenters. The van der Waals surface area contributed by atoms with Gasteiger partial charge in [-0.25, -0.2) is 0 Å². The van der Waals surface area contributed by atoms with Crippen LogP contribution in [0.5, 0.6) is 0 Å². The fourth-order valence-corrected chi connectivity index (χ4v) is 4.38. The summed E-state index contributed by atoms with van der Waals surface area (Å²) in [7, 11) is 1.69. The second-order valence-electron chi connectivity index (χ2n) is 8.46. The number of aryl methyl sites for hydroxylation is 1. The Morgan fingerprint density at radius 1 is 1.26 bits per heavy atom. The van der Waals surface area contributed by atoms with Crippen LogP contribution in [0, 0.1) is 0 Å². The number of tetrazole rings is 1. The molecule has 0 radical (unpaired) electrons. The Morgan fingerprint density at radius 3 is 2.90 bits per heavy atom. The number of hydrogen-bond donors (Lipinski definition) is 2. The summed E-state index contributed by atoms with van der Waals surface area (Å²) in [6, 6.07) is 8.45. The summed E-state index contributed by atoms with van der Waals surface area (Å²) in [6.07, 6.45) is 8.46. The number of ether oxygens (including phenoxy) is 1. The number of nitrogens with zero attached hydrogens (tertiary/aromatic N) is 4. The SMILES string of the molecule is COCc1cccc(C[C@@H](O)CC[C@H]2CCC(=O)N2CCCCCCc2nn[nH]n2)c1. The highest BCUT2D eigenvalue weighted by atomic mass is 16.5. The highest BCUT2D eigenvalue weighted by Crippen LogP contribution is 2.24. The van der Waals surface area contributed by atoms with Gasteiger partial charge in [0.15, 0.2) is 5.82 Å². The number of H-pyrrole nitrogens is 1. The third kappa shape index (κ3) is 7.70. The van der Waals surface area contributed by atoms with E-state index in [-0.39, 0.29) is 18.1 Å². The third-order valence-corrected chi connectivity index (χ3v) is 6.00. The summed E-state index contributed by atoms with van der Waals surface area (Å²) < 4.78 is 5.19. The summed E-state index contributed by atoms with van der Waals surface area (Å²) in [5.74, 6) is 1.03. The Hall–Kier alpha value is -2.32. The molecular weight excluding hydrogens is 394 g/mol. The quantitative estimate of drug-likeness (QED) is 0.448. The molecule has 1 aliphatic heterocycles. The molecule has 3 rings (SSSR count). The van der Waals surface area contributed by atoms with E-state index in [0.717, 1.165) is 68.4 Å². The minimum absolute atomic E-state index is 0.263. The van der Waals surface area contributed by atoms with Gasteiger partial charge in [-0.1, -0.05) is 42.3 Å². The number of nitrogens with one attached hydrogen (secondary N) is 1. The third-order valence-electron chi connectivity index (χ3n) is 6.00. The molecule has 8 nitrogen and oxygen atoms in total. The lowest BCUT2D eigenvalue weighted by atomic mass is 9.99. The average molecular weight is 430 g/mol. The van der Waals surface area contributed by atoms with Crippen LogP contribution < -0.4 is 0 Å². The zero-order valence-corrected chi connectivity index (χ0v) is 18.5. The summed E-state index contributed by atoms with van der Waals surface area (Å²) in [4.78, 5) is 14.4. The lowest BCUT2D eigenvalue weighted by molar-refractivity contribution is -0.129. The van der Waals surface area contributed by atoms with Crippen LogP contribution in [0.15, 0.2) is 24.3 Å². The fraction of sp³-hybridized carbons (Fsp3) is 0.652. The van der Waals surface area contributed by atoms with Crippen molar-refractivity contribution >= 4 is 5.91 Å². The Morgan fingerprint density at radius 2 is 2.10 bits per heavy atom. The number of likely N-dealkylation sites (tertiary alicyclic amines) is 1. The highest BCUT2D eigenvalue weighted by molar-refractivity contribution is 5.78. The fourth-order valence-electron chi connectivity index (χ4n) is 4.38. The molecule has 2 atom stereocenters. The Labute approximate surface area is 184 Å². The van der Waals surface area contributed by atoms with Crippen LogP contribution in [0.1, 0.15) is 68.3 Å². The van der Waals surface area contributed by atoms with Crippen molar-refractivity contribution < 1.29 is 14.6 Å². The Bertz CT molecular complexity index is 783. The molecule has 0 saturated carbocycles. The number of aromatic amines is 1. The van der Waals surface area contributed by atoms with Gasteiger partial charge in [-0.15, -0.1) is 10.2 Å². The molecule has 2 aromatic rings. The van der Waals surface area contributed by atoms with Crippen molar-refractivity contribution in [1.82, 2.24) is 25.5 Å². The number of carbonyl (C=O) groups is 1. The first-order valence-electron chi connectivity index (χ1n) is 11.4. The van der Waals surface area contributed by atoms with E-state index >= 15 is 0 Å². The van der Waals surface area contributed by atoms with Crippen molar-refractivity contribution in [1.29, 1.82) is 0 Å². The van der Waals surface area contributed by atoms with Crippen molar-refractivity contribution in [3.8, 4) is 0 Å². The minimum Gasteiger partial charge on any atom is -0.393 e. The van der Waals surface area contributed by atoms with Crippen LogP contribution in [0.3, 0.4) is 0 Å². The van der Waals surface area contributed by atoms with Crippen LogP contribution >= 0.6 is 0 Å². The number of aliphatic hydroxyl groups excluding tert-OH is 1. The second kappa shape index (κ2) is 12.5. The number of aliphatic hydroxyl groups is 1. The smallest absolute Gasteiger partial charge is 0.222 e. The van der Waals surface area contributed by atoms with Gasteiger partial charge in [-0.2, -0.15) is 5.21 Å². The van der Waals surface area contributed by atoms with Gasteiger partial charge >= 0.3 is 0 Å². The van der Waals surface area contributed by atoms with E-state index in [4.69, 9.17) is 4.74 Å². The molecule has 1 aliphatic rings. The van der Waals surface area contributed by atoms with Crippen LogP contribution in [0.25, 0.3) is 0 Å². The van der Waals surface area contributed by atoms with Crippen LogP contribution in [0.4, 0.5) is 0 Å². The van der Waals surface area contributed by atoms with Gasteiger partial charge in [0.25, 0.3) is 0 Å². The van der Waals surface area contributed by atoms with E-state index in [9.17, 15) is 9.90 Å². The molecule has 8 heteroatoms. The highest BCUT2D eigenvalue weighted by Gasteiger charge is 2.30. The van der Waals surface area contributed by atoms with Gasteiger partial charge in [-0.3, -0.25) is 4.79 Å². The first kappa shape index (κ1) is 23.3. The van der Waals surface area contributed by atoms with E-state index in [0.29, 0.717) is 25.9 Å². The molecule has 31 heavy (non-hydrogen) atoms. The molecule has 0 bridgehead atoms. The van der Waals surface area contributed by atoms with Crippen LogP contribution in [0.2, 0.25) is 0 Å². The largest absolute Gasteiger partial charge is 0.393 e. The number of hydrogen-bond acceptors (Lipinski definition) is 6. The lowest BCUT2D eigenvalue weighted by Gasteiger charge is -2.26. The van der Waals surface area contributed by atoms with Gasteiger partial charge in [0, 0.05) is 32.5 Å². The number of methoxy groups -OCH3 is 1. The summed E-state index contributed by atoms with van der Waals surface area (Å²) in [5.41, 5.74) is 2.25. The van der Waals surface area contributed by atoms with Gasteiger partial charge in [0.2, 0.25) is 5.91 Å². The van der Waals surface area contributed by atoms with Gasteiger partial charge in [0.05, 0.1) is 12.7 Å². The maximum atomic E-state index is 12.3. The van der Waals surface area contributed by atoms with E-state index in [2.05, 4.69) is 26.7 Å². The number of rotatable bonds is 14. The molecule has 2 N–H and O–H groups in total. The molecular formula is C23H35N5O3. The Kier molecular flexibility index (Phi) is 9.42. The van der Waals surface area contributed by atoms with E-state index in [1.165, 1.54) is 0 Å². The van der Waals surface area contributed by atoms with Crippen LogP contribution in [-0.4, -0.2) is 62.3 Å². The number of benzene rings is 1. The van der Waals surface area contributed by atoms with Crippen molar-refractivity contribution in [2.24, 2.45) is 0 Å². The maximum Gasteiger partial charge on any atom is 0.222 e. The maximum absolute atomic E-state index is 12.3. The van der Waals surface area contributed by atoms with Gasteiger partial charge in [-0.05, 0) is 49.7 Å². The monoisotopic (exact) mass is 429 g/mol. The van der Waals surface area contributed by atoms with Crippen molar-refractivity contribution in [3.63, 3.8) is 0 Å². The molecule has 0 spiro atoms. The van der Waals surface area contributed by atoms with E-state index < -0.39 is 0 Å². The number of unbranched alkanes of at least 4 members (excludes halogenated alkanes) is 3. The van der Waals surface area contributed by atoms with Crippen molar-refractivity contribution in [2.75, 3.05) is 13.7 Å². The second-order valence-corrected chi connectivity index (χ2v) is 8.46. The predicted molar refractivity (Wildman–Crippen MR) is 117 cm³/mol. The standard InChI is InChI=1S/C23H35N5O3/c1-31-17-19-8-6-7-18(15-19)16-21(29)12-10-20-11-13-23(30)28(20)14-5-3-2-4-9-22-24-26-27-25-22/h6-8,15,20-21,29H,2-5,9-14,16-17H2,1H3,(H,24,25,26,27)/t20-,21-/m0/s1. The molecule has 1 aromatic carbocycles. The summed E-state index contributed by atoms with van der Waals surface area (Å²) in [6.45, 7) is 1.40. The topological polar surface area (TPSA) is 104 Å². The zero-order chi connectivity index (χ0) is 21.9. The van der Waals surface area contributed by atoms with Gasteiger partial charge < -0.3 is 14.7 Å². The number of carbonyl (C=O) groups excluding carboxylic acids is 1. The molecule has 1 amide bonds.